The number of esters is 1. The highest BCUT2D eigenvalue weighted by Crippen LogP contribution is 2.26. The van der Waals surface area contributed by atoms with Crippen LogP contribution in [-0.4, -0.2) is 31.6 Å². The molecule has 5 nitrogen and oxygen atoms in total. The first-order valence-electron chi connectivity index (χ1n) is 9.16. The summed E-state index contributed by atoms with van der Waals surface area (Å²) in [7, 11) is 0. The van der Waals surface area contributed by atoms with Gasteiger partial charge in [0.25, 0.3) is 0 Å². The highest BCUT2D eigenvalue weighted by molar-refractivity contribution is 5.94. The van der Waals surface area contributed by atoms with E-state index >= 15 is 0 Å². The zero-order valence-electron chi connectivity index (χ0n) is 15.3. The van der Waals surface area contributed by atoms with Crippen LogP contribution >= 0.6 is 0 Å². The molecule has 27 heavy (non-hydrogen) atoms. The average Bonchev–Trinajstić information content (AvgIpc) is 2.69. The molecule has 1 fully saturated rings. The van der Waals surface area contributed by atoms with Crippen molar-refractivity contribution < 1.29 is 18.7 Å². The summed E-state index contributed by atoms with van der Waals surface area (Å²) in [6.45, 7) is 3.36. The molecule has 1 N–H and O–H groups in total. The van der Waals surface area contributed by atoms with Gasteiger partial charge in [0.2, 0.25) is 5.91 Å². The minimum Gasteiger partial charge on any atom is -0.462 e. The van der Waals surface area contributed by atoms with Gasteiger partial charge in [0, 0.05) is 24.7 Å². The Bertz CT molecular complexity index is 799. The molecule has 0 bridgehead atoms. The lowest BCUT2D eigenvalue weighted by Crippen LogP contribution is -2.38. The van der Waals surface area contributed by atoms with Gasteiger partial charge in [-0.1, -0.05) is 12.1 Å². The van der Waals surface area contributed by atoms with Gasteiger partial charge in [-0.2, -0.15) is 0 Å². The molecule has 0 atom stereocenters. The second-order valence-electron chi connectivity index (χ2n) is 6.50. The predicted molar refractivity (Wildman–Crippen MR) is 102 cm³/mol. The lowest BCUT2D eigenvalue weighted by Gasteiger charge is -2.33. The van der Waals surface area contributed by atoms with Crippen molar-refractivity contribution in [3.05, 3.63) is 59.9 Å². The summed E-state index contributed by atoms with van der Waals surface area (Å²) in [4.78, 5) is 26.1. The van der Waals surface area contributed by atoms with Gasteiger partial charge in [-0.05, 0) is 56.2 Å². The van der Waals surface area contributed by atoms with Crippen LogP contribution in [0.25, 0.3) is 0 Å². The van der Waals surface area contributed by atoms with E-state index in [-0.39, 0.29) is 23.6 Å². The molecule has 6 heteroatoms. The SMILES string of the molecule is CCOC(=O)c1ccc(NC(=O)C2CCN(c3ccccc3F)CC2)cc1. The fourth-order valence-corrected chi connectivity index (χ4v) is 3.24. The highest BCUT2D eigenvalue weighted by atomic mass is 19.1. The van der Waals surface area contributed by atoms with E-state index in [4.69, 9.17) is 4.74 Å². The van der Waals surface area contributed by atoms with Crippen LogP contribution < -0.4 is 10.2 Å². The molecule has 142 valence electrons. The Hall–Kier alpha value is -2.89. The van der Waals surface area contributed by atoms with E-state index in [2.05, 4.69) is 5.32 Å². The first kappa shape index (κ1) is 18.9. The lowest BCUT2D eigenvalue weighted by molar-refractivity contribution is -0.120. The predicted octanol–water partition coefficient (Wildman–Crippen LogP) is 3.86. The van der Waals surface area contributed by atoms with Crippen LogP contribution in [0.4, 0.5) is 15.8 Å². The van der Waals surface area contributed by atoms with Crippen LogP contribution in [0, 0.1) is 11.7 Å². The number of amides is 1. The fourth-order valence-electron chi connectivity index (χ4n) is 3.24. The Morgan fingerprint density at radius 3 is 2.41 bits per heavy atom. The molecule has 2 aromatic carbocycles. The zero-order chi connectivity index (χ0) is 19.2. The molecular weight excluding hydrogens is 347 g/mol. The largest absolute Gasteiger partial charge is 0.462 e. The van der Waals surface area contributed by atoms with Gasteiger partial charge in [-0.25, -0.2) is 9.18 Å². The van der Waals surface area contributed by atoms with Gasteiger partial charge in [0.05, 0.1) is 17.9 Å². The summed E-state index contributed by atoms with van der Waals surface area (Å²) in [5.74, 6) is -0.775. The number of para-hydroxylation sites is 1. The number of rotatable bonds is 5. The Labute approximate surface area is 158 Å². The van der Waals surface area contributed by atoms with Crippen molar-refractivity contribution in [3.63, 3.8) is 0 Å². The minimum atomic E-state index is -0.379. The third-order valence-electron chi connectivity index (χ3n) is 4.72. The number of nitrogens with zero attached hydrogens (tertiary/aromatic N) is 1. The van der Waals surface area contributed by atoms with Crippen molar-refractivity contribution in [3.8, 4) is 0 Å². The number of nitrogens with one attached hydrogen (secondary N) is 1. The topological polar surface area (TPSA) is 58.6 Å². The standard InChI is InChI=1S/C21H23FN2O3/c1-2-27-21(26)16-7-9-17(10-8-16)23-20(25)15-11-13-24(14-12-15)19-6-4-3-5-18(19)22/h3-10,15H,2,11-14H2,1H3,(H,23,25). The van der Waals surface area contributed by atoms with E-state index in [1.54, 1.807) is 43.3 Å². The first-order chi connectivity index (χ1) is 13.1. The Morgan fingerprint density at radius 2 is 1.78 bits per heavy atom. The fraction of sp³-hybridized carbons (Fsp3) is 0.333. The second kappa shape index (κ2) is 8.66. The number of carbonyl (C=O) groups is 2. The summed E-state index contributed by atoms with van der Waals surface area (Å²) < 4.78 is 18.8. The summed E-state index contributed by atoms with van der Waals surface area (Å²) in [6, 6.07) is 13.4. The maximum Gasteiger partial charge on any atom is 0.338 e. The molecule has 0 radical (unpaired) electrons. The molecule has 1 saturated heterocycles. The Morgan fingerprint density at radius 1 is 1.11 bits per heavy atom. The maximum atomic E-state index is 13.9. The summed E-state index contributed by atoms with van der Waals surface area (Å²) in [6.07, 6.45) is 1.34. The van der Waals surface area contributed by atoms with E-state index in [1.165, 1.54) is 6.07 Å². The van der Waals surface area contributed by atoms with Crippen LogP contribution in [0.15, 0.2) is 48.5 Å². The lowest BCUT2D eigenvalue weighted by atomic mass is 9.95. The van der Waals surface area contributed by atoms with Gasteiger partial charge in [0.15, 0.2) is 0 Å². The molecule has 1 aliphatic rings. The Kier molecular flexibility index (Phi) is 6.06. The van der Waals surface area contributed by atoms with Crippen LogP contribution in [0.3, 0.4) is 0 Å². The number of carbonyl (C=O) groups excluding carboxylic acids is 2. The molecule has 0 aromatic heterocycles. The van der Waals surface area contributed by atoms with Gasteiger partial charge < -0.3 is 15.0 Å². The van der Waals surface area contributed by atoms with E-state index in [0.717, 1.165) is 0 Å². The van der Waals surface area contributed by atoms with E-state index in [1.807, 2.05) is 11.0 Å². The van der Waals surface area contributed by atoms with E-state index < -0.39 is 0 Å². The summed E-state index contributed by atoms with van der Waals surface area (Å²) in [5.41, 5.74) is 1.68. The molecule has 1 amide bonds. The molecule has 3 rings (SSSR count). The van der Waals surface area contributed by atoms with Crippen molar-refractivity contribution in [1.82, 2.24) is 0 Å². The first-order valence-corrected chi connectivity index (χ1v) is 9.16. The van der Waals surface area contributed by atoms with Gasteiger partial charge >= 0.3 is 5.97 Å². The average molecular weight is 370 g/mol. The van der Waals surface area contributed by atoms with Crippen LogP contribution in [-0.2, 0) is 9.53 Å². The third-order valence-corrected chi connectivity index (χ3v) is 4.72. The van der Waals surface area contributed by atoms with Crippen molar-refractivity contribution >= 4 is 23.3 Å². The minimum absolute atomic E-state index is 0.0490. The molecule has 0 spiro atoms. The molecule has 1 aliphatic heterocycles. The quantitative estimate of drug-likeness (QED) is 0.812. The number of piperidine rings is 1. The number of anilines is 2. The van der Waals surface area contributed by atoms with Gasteiger partial charge in [-0.3, -0.25) is 4.79 Å². The van der Waals surface area contributed by atoms with Gasteiger partial charge in [0.1, 0.15) is 5.82 Å². The monoisotopic (exact) mass is 370 g/mol. The van der Waals surface area contributed by atoms with Crippen molar-refractivity contribution in [2.45, 2.75) is 19.8 Å². The maximum absolute atomic E-state index is 13.9. The Balaban J connectivity index is 1.54. The number of benzene rings is 2. The second-order valence-corrected chi connectivity index (χ2v) is 6.50. The highest BCUT2D eigenvalue weighted by Gasteiger charge is 2.26. The molecule has 0 aliphatic carbocycles. The van der Waals surface area contributed by atoms with Crippen LogP contribution in [0.5, 0.6) is 0 Å². The molecule has 0 unspecified atom stereocenters. The van der Waals surface area contributed by atoms with Crippen LogP contribution in [0.2, 0.25) is 0 Å². The molecule has 1 heterocycles. The van der Waals surface area contributed by atoms with Crippen molar-refractivity contribution in [2.24, 2.45) is 5.92 Å². The third kappa shape index (κ3) is 4.64. The number of ether oxygens (including phenoxy) is 1. The van der Waals surface area contributed by atoms with Gasteiger partial charge in [-0.15, -0.1) is 0 Å². The summed E-state index contributed by atoms with van der Waals surface area (Å²) >= 11 is 0. The normalized spacial score (nSPS) is 14.7. The molecule has 2 aromatic rings. The number of halogens is 1. The molecule has 0 saturated carbocycles. The number of hydrogen-bond donors (Lipinski definition) is 1. The smallest absolute Gasteiger partial charge is 0.338 e. The van der Waals surface area contributed by atoms with Crippen LogP contribution in [0.1, 0.15) is 30.1 Å². The molecular formula is C21H23FN2O3. The summed E-state index contributed by atoms with van der Waals surface area (Å²) in [5, 5.41) is 2.89. The van der Waals surface area contributed by atoms with Crippen molar-refractivity contribution in [2.75, 3.05) is 29.9 Å². The van der Waals surface area contributed by atoms with E-state index in [0.29, 0.717) is 49.5 Å². The van der Waals surface area contributed by atoms with E-state index in [9.17, 15) is 14.0 Å². The number of hydrogen-bond acceptors (Lipinski definition) is 4. The van der Waals surface area contributed by atoms with Crippen molar-refractivity contribution in [1.29, 1.82) is 0 Å². The zero-order valence-corrected chi connectivity index (χ0v) is 15.3.